The van der Waals surface area contributed by atoms with E-state index >= 15 is 0 Å². The van der Waals surface area contributed by atoms with E-state index in [9.17, 15) is 9.59 Å². The Morgan fingerprint density at radius 1 is 1.09 bits per heavy atom. The summed E-state index contributed by atoms with van der Waals surface area (Å²) in [5.41, 5.74) is 3.58. The minimum atomic E-state index is -0.155. The molecule has 7 rings (SSSR count). The third-order valence-corrected chi connectivity index (χ3v) is 12.9. The summed E-state index contributed by atoms with van der Waals surface area (Å²) in [5, 5.41) is 3.45. The van der Waals surface area contributed by atoms with Crippen molar-refractivity contribution in [1.29, 1.82) is 0 Å². The van der Waals surface area contributed by atoms with Crippen molar-refractivity contribution in [3.63, 3.8) is 0 Å². The van der Waals surface area contributed by atoms with Gasteiger partial charge in [0.15, 0.2) is 17.3 Å². The highest BCUT2D eigenvalue weighted by Gasteiger charge is 2.60. The number of carbonyl (C=O) groups is 2. The molecule has 1 heterocycles. The zero-order chi connectivity index (χ0) is 30.8. The van der Waals surface area contributed by atoms with Crippen LogP contribution in [0, 0.1) is 40.4 Å². The molecular weight excluding hydrogens is 550 g/mol. The van der Waals surface area contributed by atoms with Crippen LogP contribution in [0.15, 0.2) is 59.2 Å². The van der Waals surface area contributed by atoms with Crippen molar-refractivity contribution in [2.24, 2.45) is 40.4 Å². The summed E-state index contributed by atoms with van der Waals surface area (Å²) < 4.78 is 18.6. The lowest BCUT2D eigenvalue weighted by atomic mass is 9.47. The van der Waals surface area contributed by atoms with E-state index in [4.69, 9.17) is 14.2 Å². The SMILES string of the molecule is CCC(OC1=C2Nc3ccccc3OC2=CCC1=O)[C@@H](C)[C@H]1CC[C@H]2[C@@H]3CC=C4C[C@@H](OC(C)=O)CC[C@]4(C)[C@H]3CC[C@]12C. The van der Waals surface area contributed by atoms with Crippen LogP contribution in [-0.2, 0) is 19.1 Å². The molecule has 0 bridgehead atoms. The average Bonchev–Trinajstić information content (AvgIpc) is 3.36. The molecule has 1 N–H and O–H groups in total. The summed E-state index contributed by atoms with van der Waals surface area (Å²) in [6, 6.07) is 7.84. The summed E-state index contributed by atoms with van der Waals surface area (Å²) in [6.45, 7) is 11.2. The van der Waals surface area contributed by atoms with Gasteiger partial charge in [0.2, 0.25) is 5.78 Å². The van der Waals surface area contributed by atoms with Gasteiger partial charge in [-0.05, 0) is 110 Å². The second-order valence-corrected chi connectivity index (χ2v) is 15.0. The third-order valence-electron chi connectivity index (χ3n) is 12.9. The van der Waals surface area contributed by atoms with Gasteiger partial charge in [0, 0.05) is 19.8 Å². The number of ketones is 1. The molecule has 1 aliphatic heterocycles. The topological polar surface area (TPSA) is 73.9 Å². The van der Waals surface area contributed by atoms with Crippen LogP contribution in [0.5, 0.6) is 5.75 Å². The first-order chi connectivity index (χ1) is 21.1. The van der Waals surface area contributed by atoms with Gasteiger partial charge in [0.25, 0.3) is 0 Å². The maximum absolute atomic E-state index is 13.3. The zero-order valence-electron chi connectivity index (χ0n) is 27.1. The van der Waals surface area contributed by atoms with Crippen molar-refractivity contribution >= 4 is 17.4 Å². The molecular formula is C38H49NO5. The molecule has 0 amide bonds. The lowest BCUT2D eigenvalue weighted by Gasteiger charge is -2.58. The van der Waals surface area contributed by atoms with Crippen molar-refractivity contribution < 1.29 is 23.8 Å². The molecule has 236 valence electrons. The predicted octanol–water partition coefficient (Wildman–Crippen LogP) is 8.50. The van der Waals surface area contributed by atoms with Crippen LogP contribution in [0.3, 0.4) is 0 Å². The van der Waals surface area contributed by atoms with Crippen molar-refractivity contribution in [1.82, 2.24) is 0 Å². The normalized spacial score (nSPS) is 36.9. The predicted molar refractivity (Wildman–Crippen MR) is 171 cm³/mol. The fraction of sp³-hybridized carbons (Fsp3) is 0.632. The van der Waals surface area contributed by atoms with Gasteiger partial charge in [-0.1, -0.05) is 51.5 Å². The summed E-state index contributed by atoms with van der Waals surface area (Å²) in [4.78, 5) is 24.9. The largest absolute Gasteiger partial charge is 0.484 e. The van der Waals surface area contributed by atoms with Crippen molar-refractivity contribution in [3.05, 3.63) is 59.2 Å². The molecule has 3 fully saturated rings. The van der Waals surface area contributed by atoms with Gasteiger partial charge in [0.05, 0.1) is 5.69 Å². The summed E-state index contributed by atoms with van der Waals surface area (Å²) in [6.07, 6.45) is 14.8. The molecule has 0 radical (unpaired) electrons. The van der Waals surface area contributed by atoms with Crippen LogP contribution in [-0.4, -0.2) is 24.0 Å². The van der Waals surface area contributed by atoms with E-state index < -0.39 is 0 Å². The lowest BCUT2D eigenvalue weighted by molar-refractivity contribution is -0.148. The molecule has 0 spiro atoms. The van der Waals surface area contributed by atoms with Crippen LogP contribution in [0.2, 0.25) is 0 Å². The molecule has 0 saturated heterocycles. The molecule has 44 heavy (non-hydrogen) atoms. The van der Waals surface area contributed by atoms with Gasteiger partial charge in [-0.3, -0.25) is 9.59 Å². The van der Waals surface area contributed by atoms with E-state index in [1.165, 1.54) is 32.6 Å². The molecule has 6 nitrogen and oxygen atoms in total. The minimum absolute atomic E-state index is 0.0161. The Morgan fingerprint density at radius 2 is 1.91 bits per heavy atom. The van der Waals surface area contributed by atoms with Gasteiger partial charge >= 0.3 is 5.97 Å². The minimum Gasteiger partial charge on any atom is -0.484 e. The monoisotopic (exact) mass is 599 g/mol. The Bertz CT molecular complexity index is 1440. The van der Waals surface area contributed by atoms with E-state index in [0.717, 1.165) is 43.5 Å². The quantitative estimate of drug-likeness (QED) is 0.261. The van der Waals surface area contributed by atoms with Crippen molar-refractivity contribution in [2.45, 2.75) is 111 Å². The summed E-state index contributed by atoms with van der Waals surface area (Å²) in [7, 11) is 0. The van der Waals surface area contributed by atoms with E-state index in [1.807, 2.05) is 30.3 Å². The number of para-hydroxylation sites is 2. The van der Waals surface area contributed by atoms with Crippen LogP contribution in [0.4, 0.5) is 5.69 Å². The maximum atomic E-state index is 13.3. The Balaban J connectivity index is 1.10. The molecule has 1 unspecified atom stereocenters. The van der Waals surface area contributed by atoms with Crippen molar-refractivity contribution in [3.8, 4) is 5.75 Å². The number of benzene rings is 1. The van der Waals surface area contributed by atoms with Crippen LogP contribution >= 0.6 is 0 Å². The van der Waals surface area contributed by atoms with Gasteiger partial charge < -0.3 is 19.5 Å². The highest BCUT2D eigenvalue weighted by atomic mass is 16.5. The third kappa shape index (κ3) is 4.73. The summed E-state index contributed by atoms with van der Waals surface area (Å²) >= 11 is 0. The molecule has 1 aromatic carbocycles. The van der Waals surface area contributed by atoms with Crippen LogP contribution in [0.1, 0.15) is 98.8 Å². The summed E-state index contributed by atoms with van der Waals surface area (Å²) in [5.74, 6) is 4.79. The van der Waals surface area contributed by atoms with E-state index in [1.54, 1.807) is 5.57 Å². The van der Waals surface area contributed by atoms with Crippen LogP contribution < -0.4 is 10.1 Å². The first kappa shape index (κ1) is 29.7. The molecule has 9 atom stereocenters. The lowest BCUT2D eigenvalue weighted by Crippen LogP contribution is -2.51. The number of anilines is 1. The number of hydrogen-bond donors (Lipinski definition) is 1. The fourth-order valence-corrected chi connectivity index (χ4v) is 10.7. The first-order valence-electron chi connectivity index (χ1n) is 17.2. The molecule has 5 aliphatic carbocycles. The molecule has 6 heteroatoms. The second kappa shape index (κ2) is 11.1. The Hall–Kier alpha value is -3.02. The average molecular weight is 600 g/mol. The maximum Gasteiger partial charge on any atom is 0.302 e. The first-order valence-corrected chi connectivity index (χ1v) is 17.2. The number of Topliss-reactive ketones (excluding diaryl/α,β-unsaturated/α-hetero) is 1. The number of rotatable bonds is 6. The Morgan fingerprint density at radius 3 is 2.70 bits per heavy atom. The molecule has 1 aromatic rings. The number of fused-ring (bicyclic) bond motifs is 7. The van der Waals surface area contributed by atoms with Gasteiger partial charge in [0.1, 0.15) is 17.9 Å². The number of ether oxygens (including phenoxy) is 3. The number of allylic oxidation sites excluding steroid dienone is 3. The zero-order valence-corrected chi connectivity index (χ0v) is 27.1. The van der Waals surface area contributed by atoms with Gasteiger partial charge in [-0.25, -0.2) is 0 Å². The van der Waals surface area contributed by atoms with Gasteiger partial charge in [-0.15, -0.1) is 0 Å². The molecule has 0 aromatic heterocycles. The number of esters is 1. The Labute approximate surface area is 262 Å². The fourth-order valence-electron chi connectivity index (χ4n) is 10.7. The number of carbonyl (C=O) groups excluding carboxylic acids is 2. The number of hydrogen-bond acceptors (Lipinski definition) is 6. The van der Waals surface area contributed by atoms with E-state index in [2.05, 4.69) is 39.1 Å². The standard InChI is InChI=1S/C38H49NO5/c1-6-32(44-36-31(41)15-16-34-35(36)39-30-9-7-8-10-33(30)43-34)22(2)27-13-14-28-26-12-11-24-21-25(42-23(3)40)17-19-37(24,4)29(26)18-20-38(27,28)5/h7-11,16,22,25-29,32,39H,6,12-15,17-21H2,1-5H3/t22-,25-,26-,27+,28-,29-,32?,37-,38+/m0/s1. The highest BCUT2D eigenvalue weighted by molar-refractivity contribution is 5.98. The van der Waals surface area contributed by atoms with E-state index in [0.29, 0.717) is 53.2 Å². The molecule has 3 saturated carbocycles. The Kier molecular flexibility index (Phi) is 7.49. The molecule has 6 aliphatic rings. The second-order valence-electron chi connectivity index (χ2n) is 15.0. The van der Waals surface area contributed by atoms with Gasteiger partial charge in [-0.2, -0.15) is 0 Å². The number of nitrogens with one attached hydrogen (secondary N) is 1. The van der Waals surface area contributed by atoms with E-state index in [-0.39, 0.29) is 34.8 Å². The van der Waals surface area contributed by atoms with Crippen molar-refractivity contribution in [2.75, 3.05) is 5.32 Å². The highest BCUT2D eigenvalue weighted by Crippen LogP contribution is 2.67. The smallest absolute Gasteiger partial charge is 0.302 e. The van der Waals surface area contributed by atoms with Crippen LogP contribution in [0.25, 0.3) is 0 Å².